The van der Waals surface area contributed by atoms with Gasteiger partial charge in [0.1, 0.15) is 18.2 Å². The van der Waals surface area contributed by atoms with Crippen molar-refractivity contribution in [1.29, 1.82) is 0 Å². The molecule has 0 aliphatic carbocycles. The molecular weight excluding hydrogens is 266 g/mol. The highest BCUT2D eigenvalue weighted by Crippen LogP contribution is 2.14. The van der Waals surface area contributed by atoms with E-state index in [2.05, 4.69) is 15.6 Å². The van der Waals surface area contributed by atoms with Gasteiger partial charge < -0.3 is 16.4 Å². The van der Waals surface area contributed by atoms with Gasteiger partial charge in [-0.2, -0.15) is 0 Å². The van der Waals surface area contributed by atoms with Crippen LogP contribution in [0.2, 0.25) is 0 Å². The number of guanidine groups is 1. The molecule has 0 atom stereocenters. The normalized spacial score (nSPS) is 12.2. The van der Waals surface area contributed by atoms with Crippen molar-refractivity contribution in [2.75, 3.05) is 11.9 Å². The minimum Gasteiger partial charge on any atom is -0.370 e. The number of halogens is 2. The van der Waals surface area contributed by atoms with Crippen LogP contribution in [0.25, 0.3) is 0 Å². The van der Waals surface area contributed by atoms with E-state index in [4.69, 9.17) is 5.73 Å². The third-order valence-electron chi connectivity index (χ3n) is 2.10. The number of rotatable bonds is 3. The molecule has 0 bridgehead atoms. The van der Waals surface area contributed by atoms with Crippen LogP contribution in [0.3, 0.4) is 0 Å². The SMILES string of the molecule is CC(C)(C)NC(=O)CN=C(N)Nc1cc(F)ccc1F. The number of hydrogen-bond acceptors (Lipinski definition) is 2. The summed E-state index contributed by atoms with van der Waals surface area (Å²) >= 11 is 0. The minimum atomic E-state index is -0.663. The lowest BCUT2D eigenvalue weighted by Crippen LogP contribution is -2.42. The van der Waals surface area contributed by atoms with Crippen molar-refractivity contribution in [1.82, 2.24) is 5.32 Å². The largest absolute Gasteiger partial charge is 0.370 e. The fourth-order valence-electron chi connectivity index (χ4n) is 1.39. The van der Waals surface area contributed by atoms with E-state index >= 15 is 0 Å². The Balaban J connectivity index is 2.62. The Labute approximate surface area is 116 Å². The highest BCUT2D eigenvalue weighted by atomic mass is 19.1. The lowest BCUT2D eigenvalue weighted by molar-refractivity contribution is -0.121. The highest BCUT2D eigenvalue weighted by molar-refractivity contribution is 5.94. The summed E-state index contributed by atoms with van der Waals surface area (Å²) in [5, 5.41) is 5.10. The molecule has 5 nitrogen and oxygen atoms in total. The van der Waals surface area contributed by atoms with Gasteiger partial charge in [0.15, 0.2) is 5.96 Å². The van der Waals surface area contributed by atoms with Crippen molar-refractivity contribution >= 4 is 17.6 Å². The predicted molar refractivity (Wildman–Crippen MR) is 74.4 cm³/mol. The summed E-state index contributed by atoms with van der Waals surface area (Å²) in [6.45, 7) is 5.29. The first-order valence-corrected chi connectivity index (χ1v) is 6.00. The molecule has 1 aromatic carbocycles. The summed E-state index contributed by atoms with van der Waals surface area (Å²) in [7, 11) is 0. The van der Waals surface area contributed by atoms with E-state index in [1.165, 1.54) is 0 Å². The summed E-state index contributed by atoms with van der Waals surface area (Å²) in [6, 6.07) is 2.91. The molecule has 0 heterocycles. The number of amides is 1. The molecule has 1 amide bonds. The fourth-order valence-corrected chi connectivity index (χ4v) is 1.39. The predicted octanol–water partition coefficient (Wildman–Crippen LogP) is 1.61. The zero-order valence-electron chi connectivity index (χ0n) is 11.6. The zero-order chi connectivity index (χ0) is 15.3. The molecule has 0 fully saturated rings. The third kappa shape index (κ3) is 5.64. The van der Waals surface area contributed by atoms with E-state index in [9.17, 15) is 13.6 Å². The third-order valence-corrected chi connectivity index (χ3v) is 2.10. The molecule has 0 aromatic heterocycles. The molecule has 0 aliphatic rings. The van der Waals surface area contributed by atoms with Gasteiger partial charge in [-0.15, -0.1) is 0 Å². The van der Waals surface area contributed by atoms with E-state index in [0.717, 1.165) is 18.2 Å². The molecule has 1 aromatic rings. The van der Waals surface area contributed by atoms with Gasteiger partial charge in [-0.05, 0) is 32.9 Å². The maximum Gasteiger partial charge on any atom is 0.242 e. The summed E-state index contributed by atoms with van der Waals surface area (Å²) in [5.74, 6) is -1.75. The van der Waals surface area contributed by atoms with Crippen molar-refractivity contribution in [2.24, 2.45) is 10.7 Å². The van der Waals surface area contributed by atoms with E-state index in [1.807, 2.05) is 20.8 Å². The number of nitrogens with one attached hydrogen (secondary N) is 2. The Bertz CT molecular complexity index is 524. The Morgan fingerprint density at radius 3 is 2.60 bits per heavy atom. The Kier molecular flexibility index (Phi) is 5.01. The molecular formula is C13H18F2N4O. The van der Waals surface area contributed by atoms with E-state index in [1.54, 1.807) is 0 Å². The number of aliphatic imine (C=N–C) groups is 1. The number of carbonyl (C=O) groups excluding carboxylic acids is 1. The smallest absolute Gasteiger partial charge is 0.242 e. The molecule has 0 radical (unpaired) electrons. The molecule has 110 valence electrons. The quantitative estimate of drug-likeness (QED) is 0.582. The van der Waals surface area contributed by atoms with Crippen LogP contribution in [0.15, 0.2) is 23.2 Å². The first-order valence-electron chi connectivity index (χ1n) is 6.00. The van der Waals surface area contributed by atoms with Crippen molar-refractivity contribution in [3.8, 4) is 0 Å². The van der Waals surface area contributed by atoms with Gasteiger partial charge in [0.25, 0.3) is 0 Å². The zero-order valence-corrected chi connectivity index (χ0v) is 11.6. The van der Waals surface area contributed by atoms with Gasteiger partial charge in [0.05, 0.1) is 5.69 Å². The summed E-state index contributed by atoms with van der Waals surface area (Å²) < 4.78 is 26.3. The average molecular weight is 284 g/mol. The van der Waals surface area contributed by atoms with E-state index < -0.39 is 11.6 Å². The molecule has 7 heteroatoms. The average Bonchev–Trinajstić information content (AvgIpc) is 2.29. The lowest BCUT2D eigenvalue weighted by atomic mass is 10.1. The maximum atomic E-state index is 13.3. The van der Waals surface area contributed by atoms with Crippen LogP contribution in [0.5, 0.6) is 0 Å². The standard InChI is InChI=1S/C13H18F2N4O/c1-13(2,3)19-11(20)7-17-12(16)18-10-6-8(14)4-5-9(10)15/h4-6H,7H2,1-3H3,(H,19,20)(H3,16,17,18). The number of anilines is 1. The van der Waals surface area contributed by atoms with Crippen LogP contribution in [0.4, 0.5) is 14.5 Å². The second-order valence-electron chi connectivity index (χ2n) is 5.25. The second kappa shape index (κ2) is 6.31. The molecule has 1 rings (SSSR count). The molecule has 4 N–H and O–H groups in total. The van der Waals surface area contributed by atoms with Crippen molar-refractivity contribution in [2.45, 2.75) is 26.3 Å². The van der Waals surface area contributed by atoms with Crippen molar-refractivity contribution < 1.29 is 13.6 Å². The molecule has 0 aliphatic heterocycles. The molecule has 0 saturated heterocycles. The molecule has 0 spiro atoms. The second-order valence-corrected chi connectivity index (χ2v) is 5.25. The monoisotopic (exact) mass is 284 g/mol. The fraction of sp³-hybridized carbons (Fsp3) is 0.385. The lowest BCUT2D eigenvalue weighted by Gasteiger charge is -2.19. The van der Waals surface area contributed by atoms with Crippen LogP contribution in [0.1, 0.15) is 20.8 Å². The van der Waals surface area contributed by atoms with Gasteiger partial charge in [-0.25, -0.2) is 13.8 Å². The number of hydrogen-bond donors (Lipinski definition) is 3. The first kappa shape index (κ1) is 15.9. The summed E-state index contributed by atoms with van der Waals surface area (Å²) in [6.07, 6.45) is 0. The number of nitrogens with two attached hydrogens (primary N) is 1. The van der Waals surface area contributed by atoms with Crippen LogP contribution in [-0.4, -0.2) is 24.0 Å². The van der Waals surface area contributed by atoms with Gasteiger partial charge in [0.2, 0.25) is 5.91 Å². The molecule has 20 heavy (non-hydrogen) atoms. The van der Waals surface area contributed by atoms with Crippen molar-refractivity contribution in [3.63, 3.8) is 0 Å². The number of benzene rings is 1. The summed E-state index contributed by atoms with van der Waals surface area (Å²) in [5.41, 5.74) is 5.00. The Hall–Kier alpha value is -2.18. The van der Waals surface area contributed by atoms with Crippen LogP contribution in [0, 0.1) is 11.6 Å². The van der Waals surface area contributed by atoms with Gasteiger partial charge in [0, 0.05) is 11.6 Å². The van der Waals surface area contributed by atoms with Crippen LogP contribution in [-0.2, 0) is 4.79 Å². The Morgan fingerprint density at radius 2 is 2.00 bits per heavy atom. The van der Waals surface area contributed by atoms with Crippen LogP contribution >= 0.6 is 0 Å². The number of nitrogens with zero attached hydrogens (tertiary/aromatic N) is 1. The van der Waals surface area contributed by atoms with E-state index in [0.29, 0.717) is 0 Å². The van der Waals surface area contributed by atoms with Crippen LogP contribution < -0.4 is 16.4 Å². The van der Waals surface area contributed by atoms with Crippen molar-refractivity contribution in [3.05, 3.63) is 29.8 Å². The Morgan fingerprint density at radius 1 is 1.35 bits per heavy atom. The maximum absolute atomic E-state index is 13.3. The molecule has 0 unspecified atom stereocenters. The summed E-state index contributed by atoms with van der Waals surface area (Å²) in [4.78, 5) is 15.3. The van der Waals surface area contributed by atoms with Gasteiger partial charge in [-0.1, -0.05) is 0 Å². The topological polar surface area (TPSA) is 79.5 Å². The molecule has 0 saturated carbocycles. The van der Waals surface area contributed by atoms with Gasteiger partial charge in [-0.3, -0.25) is 4.79 Å². The number of carbonyl (C=O) groups is 1. The highest BCUT2D eigenvalue weighted by Gasteiger charge is 2.13. The van der Waals surface area contributed by atoms with E-state index in [-0.39, 0.29) is 29.6 Å². The van der Waals surface area contributed by atoms with Gasteiger partial charge >= 0.3 is 0 Å². The minimum absolute atomic E-state index is 0.137. The first-order chi connectivity index (χ1) is 9.17.